The Morgan fingerprint density at radius 3 is 2.41 bits per heavy atom. The molecule has 1 amide bonds. The van der Waals surface area contributed by atoms with Gasteiger partial charge >= 0.3 is 0 Å². The molecule has 2 heterocycles. The molecule has 140 valence electrons. The van der Waals surface area contributed by atoms with Gasteiger partial charge in [0.2, 0.25) is 5.95 Å². The topological polar surface area (TPSA) is 119 Å². The molecule has 0 bridgehead atoms. The Morgan fingerprint density at radius 1 is 1.11 bits per heavy atom. The zero-order valence-corrected chi connectivity index (χ0v) is 15.8. The summed E-state index contributed by atoms with van der Waals surface area (Å²) in [4.78, 5) is 20.2. The van der Waals surface area contributed by atoms with Crippen LogP contribution in [0.25, 0.3) is 0 Å². The van der Waals surface area contributed by atoms with Crippen LogP contribution < -0.4 is 10.0 Å². The van der Waals surface area contributed by atoms with Crippen molar-refractivity contribution in [1.82, 2.24) is 19.7 Å². The molecule has 10 heteroatoms. The smallest absolute Gasteiger partial charge is 0.264 e. The van der Waals surface area contributed by atoms with Gasteiger partial charge in [-0.05, 0) is 44.2 Å². The Labute approximate surface area is 156 Å². The molecule has 0 unspecified atom stereocenters. The second-order valence-electron chi connectivity index (χ2n) is 5.91. The number of carbonyl (C=O) groups is 1. The molecule has 0 spiro atoms. The van der Waals surface area contributed by atoms with Crippen molar-refractivity contribution in [3.63, 3.8) is 0 Å². The van der Waals surface area contributed by atoms with Crippen LogP contribution in [0.15, 0.2) is 47.6 Å². The third-order valence-electron chi connectivity index (χ3n) is 3.70. The number of rotatable bonds is 5. The summed E-state index contributed by atoms with van der Waals surface area (Å²) in [5, 5.41) is 6.84. The molecule has 0 saturated carbocycles. The average molecular weight is 386 g/mol. The lowest BCUT2D eigenvalue weighted by atomic mass is 10.2. The van der Waals surface area contributed by atoms with E-state index in [4.69, 9.17) is 0 Å². The average Bonchev–Trinajstić information content (AvgIpc) is 2.93. The molecule has 0 aliphatic carbocycles. The van der Waals surface area contributed by atoms with Crippen molar-refractivity contribution < 1.29 is 13.2 Å². The predicted octanol–water partition coefficient (Wildman–Crippen LogP) is 1.88. The quantitative estimate of drug-likeness (QED) is 0.691. The minimum absolute atomic E-state index is 0.000526. The number of carbonyl (C=O) groups excluding carboxylic acids is 1. The number of anilines is 2. The second kappa shape index (κ2) is 7.16. The van der Waals surface area contributed by atoms with Crippen LogP contribution >= 0.6 is 0 Å². The Balaban J connectivity index is 1.74. The molecule has 9 nitrogen and oxygen atoms in total. The van der Waals surface area contributed by atoms with E-state index in [9.17, 15) is 13.2 Å². The molecule has 2 aromatic heterocycles. The zero-order chi connectivity index (χ0) is 19.6. The maximum absolute atomic E-state index is 12.4. The monoisotopic (exact) mass is 386 g/mol. The Hall–Kier alpha value is -3.27. The molecule has 3 rings (SSSR count). The normalized spacial score (nSPS) is 11.2. The lowest BCUT2D eigenvalue weighted by molar-refractivity contribution is 0.102. The van der Waals surface area contributed by atoms with Gasteiger partial charge < -0.3 is 5.32 Å². The third-order valence-corrected chi connectivity index (χ3v) is 5.05. The highest BCUT2D eigenvalue weighted by molar-refractivity contribution is 7.92. The molecule has 0 fully saturated rings. The summed E-state index contributed by atoms with van der Waals surface area (Å²) < 4.78 is 28.7. The van der Waals surface area contributed by atoms with Crippen LogP contribution in [0, 0.1) is 13.8 Å². The molecule has 0 aliphatic heterocycles. The van der Waals surface area contributed by atoms with Gasteiger partial charge in [-0.3, -0.25) is 9.48 Å². The van der Waals surface area contributed by atoms with Crippen LogP contribution in [0.3, 0.4) is 0 Å². The highest BCUT2D eigenvalue weighted by atomic mass is 32.2. The van der Waals surface area contributed by atoms with Crippen molar-refractivity contribution in [2.24, 2.45) is 7.05 Å². The van der Waals surface area contributed by atoms with E-state index in [1.165, 1.54) is 30.5 Å². The fraction of sp³-hybridized carbons (Fsp3) is 0.176. The summed E-state index contributed by atoms with van der Waals surface area (Å²) >= 11 is 0. The largest absolute Gasteiger partial charge is 0.322 e. The minimum atomic E-state index is -3.83. The number of benzene rings is 1. The van der Waals surface area contributed by atoms with Gasteiger partial charge in [-0.15, -0.1) is 0 Å². The van der Waals surface area contributed by atoms with Crippen molar-refractivity contribution in [2.45, 2.75) is 18.7 Å². The van der Waals surface area contributed by atoms with Crippen molar-refractivity contribution in [3.8, 4) is 0 Å². The fourth-order valence-electron chi connectivity index (χ4n) is 2.42. The number of sulfonamides is 1. The first-order valence-electron chi connectivity index (χ1n) is 7.99. The van der Waals surface area contributed by atoms with Crippen LogP contribution in [0.2, 0.25) is 0 Å². The molecule has 0 aliphatic rings. The SMILES string of the molecule is Cc1ccnc(NS(=O)(=O)c2ccc(NC(=O)c3cn(C)nc3C)cc2)n1. The maximum atomic E-state index is 12.4. The van der Waals surface area contributed by atoms with E-state index >= 15 is 0 Å². The Bertz CT molecular complexity index is 1090. The number of amides is 1. The first-order chi connectivity index (χ1) is 12.7. The first kappa shape index (κ1) is 18.5. The Morgan fingerprint density at radius 2 is 1.81 bits per heavy atom. The van der Waals surface area contributed by atoms with Gasteiger partial charge in [-0.1, -0.05) is 0 Å². The van der Waals surface area contributed by atoms with Gasteiger partial charge in [0.1, 0.15) is 0 Å². The molecule has 0 atom stereocenters. The van der Waals surface area contributed by atoms with Gasteiger partial charge in [0.25, 0.3) is 15.9 Å². The van der Waals surface area contributed by atoms with Crippen LogP contribution in [0.5, 0.6) is 0 Å². The lowest BCUT2D eigenvalue weighted by Crippen LogP contribution is -2.16. The molecule has 27 heavy (non-hydrogen) atoms. The van der Waals surface area contributed by atoms with E-state index in [2.05, 4.69) is 25.1 Å². The fourth-order valence-corrected chi connectivity index (χ4v) is 3.37. The van der Waals surface area contributed by atoms with Crippen molar-refractivity contribution in [1.29, 1.82) is 0 Å². The number of nitrogens with zero attached hydrogens (tertiary/aromatic N) is 4. The van der Waals surface area contributed by atoms with Crippen LogP contribution in [-0.4, -0.2) is 34.1 Å². The van der Waals surface area contributed by atoms with E-state index in [1.54, 1.807) is 37.8 Å². The highest BCUT2D eigenvalue weighted by Crippen LogP contribution is 2.17. The second-order valence-corrected chi connectivity index (χ2v) is 7.59. The number of hydrogen-bond acceptors (Lipinski definition) is 6. The van der Waals surface area contributed by atoms with Gasteiger partial charge in [0, 0.05) is 30.8 Å². The van der Waals surface area contributed by atoms with Gasteiger partial charge in [-0.2, -0.15) is 5.10 Å². The van der Waals surface area contributed by atoms with Crippen molar-refractivity contribution in [3.05, 3.63) is 59.7 Å². The predicted molar refractivity (Wildman–Crippen MR) is 99.9 cm³/mol. The minimum Gasteiger partial charge on any atom is -0.322 e. The lowest BCUT2D eigenvalue weighted by Gasteiger charge is -2.08. The molecular weight excluding hydrogens is 368 g/mol. The molecule has 2 N–H and O–H groups in total. The van der Waals surface area contributed by atoms with E-state index in [-0.39, 0.29) is 16.8 Å². The van der Waals surface area contributed by atoms with E-state index in [0.717, 1.165) is 0 Å². The third kappa shape index (κ3) is 4.29. The highest BCUT2D eigenvalue weighted by Gasteiger charge is 2.17. The van der Waals surface area contributed by atoms with Crippen molar-refractivity contribution in [2.75, 3.05) is 10.0 Å². The van der Waals surface area contributed by atoms with Gasteiger partial charge in [-0.25, -0.2) is 23.1 Å². The van der Waals surface area contributed by atoms with Crippen LogP contribution in [0.4, 0.5) is 11.6 Å². The maximum Gasteiger partial charge on any atom is 0.264 e. The number of nitrogens with one attached hydrogen (secondary N) is 2. The molecule has 3 aromatic rings. The van der Waals surface area contributed by atoms with E-state index in [1.807, 2.05) is 0 Å². The number of aryl methyl sites for hydroxylation is 3. The van der Waals surface area contributed by atoms with Crippen molar-refractivity contribution >= 4 is 27.6 Å². The molecular formula is C17H18N6O3S. The molecule has 0 saturated heterocycles. The first-order valence-corrected chi connectivity index (χ1v) is 9.47. The Kier molecular flexibility index (Phi) is 4.91. The van der Waals surface area contributed by atoms with Crippen LogP contribution in [-0.2, 0) is 17.1 Å². The summed E-state index contributed by atoms with van der Waals surface area (Å²) in [7, 11) is -2.10. The summed E-state index contributed by atoms with van der Waals surface area (Å²) in [6.07, 6.45) is 3.09. The summed E-state index contributed by atoms with van der Waals surface area (Å²) in [6, 6.07) is 7.47. The van der Waals surface area contributed by atoms with Gasteiger partial charge in [0.15, 0.2) is 0 Å². The zero-order valence-electron chi connectivity index (χ0n) is 15.0. The number of hydrogen-bond donors (Lipinski definition) is 2. The molecule has 1 aromatic carbocycles. The summed E-state index contributed by atoms with van der Waals surface area (Å²) in [6.45, 7) is 3.48. The molecule has 0 radical (unpaired) electrons. The summed E-state index contributed by atoms with van der Waals surface area (Å²) in [5.74, 6) is -0.318. The number of aromatic nitrogens is 4. The summed E-state index contributed by atoms with van der Waals surface area (Å²) in [5.41, 5.74) is 2.17. The van der Waals surface area contributed by atoms with Gasteiger partial charge in [0.05, 0.1) is 16.2 Å². The van der Waals surface area contributed by atoms with E-state index < -0.39 is 10.0 Å². The standard InChI is InChI=1S/C17H18N6O3S/c1-11-8-9-18-17(19-11)22-27(25,26)14-6-4-13(5-7-14)20-16(24)15-10-23(3)21-12(15)2/h4-10H,1-3H3,(H,20,24)(H,18,19,22). The van der Waals surface area contributed by atoms with Crippen LogP contribution in [0.1, 0.15) is 21.7 Å². The van der Waals surface area contributed by atoms with E-state index in [0.29, 0.717) is 22.6 Å².